The molecule has 0 amide bonds. The molecule has 0 bridgehead atoms. The van der Waals surface area contributed by atoms with Gasteiger partial charge >= 0.3 is 0 Å². The van der Waals surface area contributed by atoms with Crippen LogP contribution in [0.1, 0.15) is 48.2 Å². The van der Waals surface area contributed by atoms with Crippen LogP contribution in [0.25, 0.3) is 0 Å². The number of aliphatic hydroxyl groups is 1. The van der Waals surface area contributed by atoms with Crippen molar-refractivity contribution in [2.24, 2.45) is 0 Å². The maximum Gasteiger partial charge on any atom is 0.207 e. The van der Waals surface area contributed by atoms with Crippen molar-refractivity contribution in [3.8, 4) is 0 Å². The third-order valence-electron chi connectivity index (χ3n) is 6.15. The summed E-state index contributed by atoms with van der Waals surface area (Å²) < 4.78 is 17.3. The minimum atomic E-state index is -1.22. The van der Waals surface area contributed by atoms with Crippen molar-refractivity contribution in [3.05, 3.63) is 74.6 Å². The van der Waals surface area contributed by atoms with Crippen LogP contribution in [-0.2, 0) is 6.54 Å². The molecule has 0 radical (unpaired) electrons. The number of nitrogens with one attached hydrogen (secondary N) is 1. The zero-order chi connectivity index (χ0) is 24.7. The van der Waals surface area contributed by atoms with E-state index in [9.17, 15) is 5.11 Å². The van der Waals surface area contributed by atoms with Crippen LogP contribution in [0.15, 0.2) is 36.4 Å². The summed E-state index contributed by atoms with van der Waals surface area (Å²) in [6.07, 6.45) is -1.22. The molecular formula is C25H30Cl2FN5O. The number of anilines is 2. The molecule has 2 aromatic carbocycles. The van der Waals surface area contributed by atoms with Crippen molar-refractivity contribution in [3.63, 3.8) is 0 Å². The Morgan fingerprint density at radius 1 is 1.21 bits per heavy atom. The molecule has 1 aliphatic heterocycles. The van der Waals surface area contributed by atoms with E-state index in [0.717, 1.165) is 28.9 Å². The lowest BCUT2D eigenvalue weighted by Crippen LogP contribution is -2.48. The molecule has 2 atom stereocenters. The highest BCUT2D eigenvalue weighted by atomic mass is 35.5. The van der Waals surface area contributed by atoms with Gasteiger partial charge in [-0.05, 0) is 62.3 Å². The van der Waals surface area contributed by atoms with E-state index in [-0.39, 0.29) is 16.6 Å². The Morgan fingerprint density at radius 2 is 1.94 bits per heavy atom. The Labute approximate surface area is 209 Å². The molecule has 182 valence electrons. The Balaban J connectivity index is 1.99. The van der Waals surface area contributed by atoms with Gasteiger partial charge < -0.3 is 20.2 Å². The molecule has 2 unspecified atom stereocenters. The molecule has 4 rings (SSSR count). The molecule has 3 aromatic rings. The number of likely N-dealkylation sites (N-methyl/N-ethyl adjacent to an activating group) is 1. The van der Waals surface area contributed by atoms with E-state index in [1.54, 1.807) is 17.0 Å². The van der Waals surface area contributed by atoms with Gasteiger partial charge in [0.25, 0.3) is 0 Å². The summed E-state index contributed by atoms with van der Waals surface area (Å²) in [5.74, 6) is 0.140. The lowest BCUT2D eigenvalue weighted by Gasteiger charge is -2.42. The number of aryl methyl sites for hydroxylation is 1. The van der Waals surface area contributed by atoms with Gasteiger partial charge in [-0.2, -0.15) is 5.10 Å². The molecule has 0 fully saturated rings. The van der Waals surface area contributed by atoms with Crippen LogP contribution in [0.2, 0.25) is 10.0 Å². The van der Waals surface area contributed by atoms with E-state index in [0.29, 0.717) is 17.4 Å². The summed E-state index contributed by atoms with van der Waals surface area (Å²) in [5.41, 5.74) is 3.97. The predicted molar refractivity (Wildman–Crippen MR) is 136 cm³/mol. The van der Waals surface area contributed by atoms with E-state index in [1.165, 1.54) is 6.07 Å². The van der Waals surface area contributed by atoms with E-state index in [1.807, 2.05) is 43.9 Å². The fourth-order valence-electron chi connectivity index (χ4n) is 4.63. The average molecular weight is 506 g/mol. The van der Waals surface area contributed by atoms with Gasteiger partial charge in [0, 0.05) is 22.8 Å². The van der Waals surface area contributed by atoms with Gasteiger partial charge in [-0.1, -0.05) is 49.2 Å². The summed E-state index contributed by atoms with van der Waals surface area (Å²) in [6, 6.07) is 9.91. The van der Waals surface area contributed by atoms with E-state index < -0.39 is 18.2 Å². The SMILES string of the molecule is Cc1cc(Cl)ccc1C1c2c(nn(CCN(C)C)c2C(C)C)NC(O)N1c1cccc(Cl)c1F. The van der Waals surface area contributed by atoms with Crippen LogP contribution in [0.3, 0.4) is 0 Å². The standard InChI is InChI=1S/C25H30Cl2FN5O/c1-14(2)22-20-23(17-10-9-16(26)13-15(17)3)33(19-8-6-7-18(27)21(19)28)25(34)29-24(20)30-32(22)12-11-31(4)5/h6-10,13-14,23,25,34H,11-12H2,1-5H3,(H,29,30). The first-order valence-electron chi connectivity index (χ1n) is 11.3. The Morgan fingerprint density at radius 3 is 2.59 bits per heavy atom. The summed E-state index contributed by atoms with van der Waals surface area (Å²) in [7, 11) is 4.04. The van der Waals surface area contributed by atoms with Crippen molar-refractivity contribution in [2.45, 2.75) is 45.6 Å². The van der Waals surface area contributed by atoms with Crippen molar-refractivity contribution in [2.75, 3.05) is 30.9 Å². The highest BCUT2D eigenvalue weighted by Crippen LogP contribution is 2.46. The molecule has 0 saturated heterocycles. The summed E-state index contributed by atoms with van der Waals surface area (Å²) in [6.45, 7) is 7.69. The molecular weight excluding hydrogens is 476 g/mol. The Kier molecular flexibility index (Phi) is 7.10. The summed E-state index contributed by atoms with van der Waals surface area (Å²) >= 11 is 12.4. The first-order chi connectivity index (χ1) is 16.1. The lowest BCUT2D eigenvalue weighted by atomic mass is 9.89. The summed E-state index contributed by atoms with van der Waals surface area (Å²) in [5, 5.41) is 19.8. The van der Waals surface area contributed by atoms with Gasteiger partial charge in [0.2, 0.25) is 6.35 Å². The molecule has 1 aliphatic rings. The van der Waals surface area contributed by atoms with Crippen molar-refractivity contribution in [1.29, 1.82) is 0 Å². The number of nitrogens with zero attached hydrogens (tertiary/aromatic N) is 4. The van der Waals surface area contributed by atoms with Crippen LogP contribution in [0.5, 0.6) is 0 Å². The number of benzene rings is 2. The molecule has 6 nitrogen and oxygen atoms in total. The van der Waals surface area contributed by atoms with E-state index >= 15 is 4.39 Å². The molecule has 1 aromatic heterocycles. The number of rotatable bonds is 6. The third-order valence-corrected chi connectivity index (χ3v) is 6.68. The topological polar surface area (TPSA) is 56.6 Å². The van der Waals surface area contributed by atoms with Crippen molar-refractivity contribution in [1.82, 2.24) is 14.7 Å². The van der Waals surface area contributed by atoms with Crippen molar-refractivity contribution < 1.29 is 9.50 Å². The molecule has 0 aliphatic carbocycles. The Bertz CT molecular complexity index is 1200. The molecule has 34 heavy (non-hydrogen) atoms. The number of fused-ring (bicyclic) bond motifs is 1. The van der Waals surface area contributed by atoms with E-state index in [4.69, 9.17) is 28.3 Å². The first kappa shape index (κ1) is 24.8. The fourth-order valence-corrected chi connectivity index (χ4v) is 5.02. The van der Waals surface area contributed by atoms with E-state index in [2.05, 4.69) is 24.1 Å². The lowest BCUT2D eigenvalue weighted by molar-refractivity contribution is 0.182. The third kappa shape index (κ3) is 4.50. The summed E-state index contributed by atoms with van der Waals surface area (Å²) in [4.78, 5) is 3.73. The average Bonchev–Trinajstić information content (AvgIpc) is 3.12. The van der Waals surface area contributed by atoms with Gasteiger partial charge in [0.1, 0.15) is 0 Å². The minimum absolute atomic E-state index is 0.00663. The number of aliphatic hydroxyl groups excluding tert-OH is 1. The number of halogens is 3. The predicted octanol–water partition coefficient (Wildman–Crippen LogP) is 5.62. The first-order valence-corrected chi connectivity index (χ1v) is 12.0. The molecule has 9 heteroatoms. The van der Waals surface area contributed by atoms with Crippen LogP contribution in [0.4, 0.5) is 15.9 Å². The maximum absolute atomic E-state index is 15.3. The van der Waals surface area contributed by atoms with Crippen LogP contribution in [0, 0.1) is 12.7 Å². The van der Waals surface area contributed by atoms with Gasteiger partial charge in [0.05, 0.1) is 23.3 Å². The molecule has 2 heterocycles. The smallest absolute Gasteiger partial charge is 0.207 e. The van der Waals surface area contributed by atoms with Crippen LogP contribution in [-0.4, -0.2) is 46.8 Å². The molecule has 0 spiro atoms. The second-order valence-corrected chi connectivity index (χ2v) is 10.1. The quantitative estimate of drug-likeness (QED) is 0.455. The maximum atomic E-state index is 15.3. The van der Waals surface area contributed by atoms with Gasteiger partial charge in [-0.15, -0.1) is 0 Å². The van der Waals surface area contributed by atoms with Gasteiger partial charge in [-0.3, -0.25) is 4.68 Å². The number of hydrogen-bond donors (Lipinski definition) is 2. The fraction of sp³-hybridized carbons (Fsp3) is 0.400. The second kappa shape index (κ2) is 9.74. The largest absolute Gasteiger partial charge is 0.356 e. The Hall–Kier alpha value is -2.32. The second-order valence-electron chi connectivity index (χ2n) is 9.23. The zero-order valence-corrected chi connectivity index (χ0v) is 21.5. The van der Waals surface area contributed by atoms with Gasteiger partial charge in [0.15, 0.2) is 11.6 Å². The van der Waals surface area contributed by atoms with Gasteiger partial charge in [-0.25, -0.2) is 4.39 Å². The normalized spacial score (nSPS) is 17.9. The van der Waals surface area contributed by atoms with Crippen molar-refractivity contribution >= 4 is 34.7 Å². The van der Waals surface area contributed by atoms with Crippen LogP contribution >= 0.6 is 23.2 Å². The monoisotopic (exact) mass is 505 g/mol. The number of aromatic nitrogens is 2. The molecule has 2 N–H and O–H groups in total. The van der Waals surface area contributed by atoms with Crippen LogP contribution < -0.4 is 10.2 Å². The number of hydrogen-bond acceptors (Lipinski definition) is 5. The highest BCUT2D eigenvalue weighted by Gasteiger charge is 2.41. The molecule has 0 saturated carbocycles. The zero-order valence-electron chi connectivity index (χ0n) is 20.0. The highest BCUT2D eigenvalue weighted by molar-refractivity contribution is 6.31. The minimum Gasteiger partial charge on any atom is -0.356 e.